The summed E-state index contributed by atoms with van der Waals surface area (Å²) < 4.78 is 4.96. The zero-order chi connectivity index (χ0) is 10.3. The van der Waals surface area contributed by atoms with Crippen molar-refractivity contribution in [2.24, 2.45) is 0 Å². The maximum absolute atomic E-state index is 11.4. The van der Waals surface area contributed by atoms with E-state index in [4.69, 9.17) is 9.84 Å². The highest BCUT2D eigenvalue weighted by molar-refractivity contribution is 8.02. The van der Waals surface area contributed by atoms with Crippen LogP contribution in [0.5, 0.6) is 0 Å². The van der Waals surface area contributed by atoms with E-state index in [9.17, 15) is 9.59 Å². The van der Waals surface area contributed by atoms with Crippen molar-refractivity contribution < 1.29 is 19.4 Å². The molecule has 0 bridgehead atoms. The van der Waals surface area contributed by atoms with E-state index in [-0.39, 0.29) is 11.3 Å². The highest BCUT2D eigenvalue weighted by atomic mass is 32.2. The van der Waals surface area contributed by atoms with Crippen molar-refractivity contribution >= 4 is 23.6 Å². The van der Waals surface area contributed by atoms with E-state index in [1.807, 2.05) is 0 Å². The summed E-state index contributed by atoms with van der Waals surface area (Å²) in [5.74, 6) is -1.25. The van der Waals surface area contributed by atoms with E-state index in [1.54, 1.807) is 5.41 Å². The maximum atomic E-state index is 11.4. The predicted octanol–water partition coefficient (Wildman–Crippen LogP) is -0.117. The van der Waals surface area contributed by atoms with E-state index >= 15 is 0 Å². The number of aliphatic carboxylic acids is 1. The molecule has 2 aliphatic heterocycles. The van der Waals surface area contributed by atoms with Crippen LogP contribution < -0.4 is 0 Å². The second-order valence-corrected chi connectivity index (χ2v) is 4.07. The third kappa shape index (κ3) is 1.14. The molecular formula is C8H9NO4S. The highest BCUT2D eigenvalue weighted by Crippen LogP contribution is 2.38. The van der Waals surface area contributed by atoms with Gasteiger partial charge in [-0.1, -0.05) is 0 Å². The number of methoxy groups -OCH3 is 1. The van der Waals surface area contributed by atoms with E-state index in [1.165, 1.54) is 29.8 Å². The number of fused-ring (bicyclic) bond motifs is 1. The van der Waals surface area contributed by atoms with Crippen LogP contribution in [-0.2, 0) is 14.3 Å². The van der Waals surface area contributed by atoms with Crippen LogP contribution in [-0.4, -0.2) is 46.5 Å². The summed E-state index contributed by atoms with van der Waals surface area (Å²) in [6.07, 6.45) is 1.01. The quantitative estimate of drug-likeness (QED) is 0.651. The molecule has 2 aliphatic rings. The van der Waals surface area contributed by atoms with Gasteiger partial charge in [-0.15, -0.1) is 11.8 Å². The average molecular weight is 215 g/mol. The van der Waals surface area contributed by atoms with E-state index in [0.717, 1.165) is 0 Å². The molecule has 6 heteroatoms. The van der Waals surface area contributed by atoms with Gasteiger partial charge in [0.15, 0.2) is 6.10 Å². The first kappa shape index (κ1) is 9.54. The third-order valence-electron chi connectivity index (χ3n) is 2.32. The first-order chi connectivity index (χ1) is 6.66. The smallest absolute Gasteiger partial charge is 0.330 e. The summed E-state index contributed by atoms with van der Waals surface area (Å²) in [5, 5.41) is 10.4. The fourth-order valence-corrected chi connectivity index (χ4v) is 2.74. The lowest BCUT2D eigenvalue weighted by molar-refractivity contribution is -0.171. The van der Waals surface area contributed by atoms with Gasteiger partial charge in [0.1, 0.15) is 11.4 Å². The van der Waals surface area contributed by atoms with E-state index in [2.05, 4.69) is 0 Å². The molecule has 0 radical (unpaired) electrons. The molecule has 2 rings (SSSR count). The molecule has 1 saturated heterocycles. The first-order valence-corrected chi connectivity index (χ1v) is 5.01. The molecule has 2 heterocycles. The van der Waals surface area contributed by atoms with E-state index in [0.29, 0.717) is 0 Å². The third-order valence-corrected chi connectivity index (χ3v) is 3.38. The average Bonchev–Trinajstić information content (AvgIpc) is 2.16. The van der Waals surface area contributed by atoms with Crippen LogP contribution in [0.3, 0.4) is 0 Å². The molecule has 0 aromatic carbocycles. The molecule has 76 valence electrons. The van der Waals surface area contributed by atoms with Gasteiger partial charge in [0, 0.05) is 7.11 Å². The van der Waals surface area contributed by atoms with Crippen LogP contribution in [0.1, 0.15) is 0 Å². The SMILES string of the molecule is COC1C(=O)N2C(C(=O)O)C=CS[C@H]12. The molecule has 0 aromatic heterocycles. The fourth-order valence-electron chi connectivity index (χ4n) is 1.60. The lowest BCUT2D eigenvalue weighted by Crippen LogP contribution is -2.68. The number of carboxylic acid groups (broad SMARTS) is 1. The number of nitrogens with zero attached hydrogens (tertiary/aromatic N) is 1. The highest BCUT2D eigenvalue weighted by Gasteiger charge is 2.53. The zero-order valence-corrected chi connectivity index (χ0v) is 8.23. The lowest BCUT2D eigenvalue weighted by Gasteiger charge is -2.48. The summed E-state index contributed by atoms with van der Waals surface area (Å²) in [6, 6.07) is -0.833. The van der Waals surface area contributed by atoms with Gasteiger partial charge < -0.3 is 14.7 Å². The maximum Gasteiger partial charge on any atom is 0.330 e. The van der Waals surface area contributed by atoms with Gasteiger partial charge in [-0.25, -0.2) is 4.79 Å². The van der Waals surface area contributed by atoms with Gasteiger partial charge in [-0.2, -0.15) is 0 Å². The second kappa shape index (κ2) is 3.29. The van der Waals surface area contributed by atoms with Crippen molar-refractivity contribution in [3.63, 3.8) is 0 Å². The van der Waals surface area contributed by atoms with Crippen molar-refractivity contribution in [2.75, 3.05) is 7.11 Å². The predicted molar refractivity (Wildman–Crippen MR) is 49.6 cm³/mol. The molecule has 5 nitrogen and oxygen atoms in total. The Bertz CT molecular complexity index is 316. The van der Waals surface area contributed by atoms with Gasteiger partial charge in [-0.05, 0) is 11.5 Å². The molecule has 0 spiro atoms. The minimum Gasteiger partial charge on any atom is -0.479 e. The molecule has 3 atom stereocenters. The van der Waals surface area contributed by atoms with Gasteiger partial charge >= 0.3 is 5.97 Å². The number of rotatable bonds is 2. The van der Waals surface area contributed by atoms with Crippen molar-refractivity contribution in [2.45, 2.75) is 17.5 Å². The Balaban J connectivity index is 2.20. The normalized spacial score (nSPS) is 35.1. The summed E-state index contributed by atoms with van der Waals surface area (Å²) in [5.41, 5.74) is 0. The fraction of sp³-hybridized carbons (Fsp3) is 0.500. The van der Waals surface area contributed by atoms with Crippen molar-refractivity contribution in [1.29, 1.82) is 0 Å². The van der Waals surface area contributed by atoms with Gasteiger partial charge in [0.25, 0.3) is 5.91 Å². The van der Waals surface area contributed by atoms with Crippen LogP contribution in [0.25, 0.3) is 0 Å². The molecule has 1 N–H and O–H groups in total. The number of carbonyl (C=O) groups excluding carboxylic acids is 1. The molecule has 0 aromatic rings. The Hall–Kier alpha value is -1.01. The topological polar surface area (TPSA) is 66.8 Å². The molecule has 1 amide bonds. The molecule has 0 aliphatic carbocycles. The Labute approximate surface area is 84.7 Å². The molecule has 14 heavy (non-hydrogen) atoms. The van der Waals surface area contributed by atoms with Crippen LogP contribution in [0.2, 0.25) is 0 Å². The molecular weight excluding hydrogens is 206 g/mol. The molecule has 0 saturated carbocycles. The van der Waals surface area contributed by atoms with Crippen LogP contribution in [0.4, 0.5) is 0 Å². The minimum atomic E-state index is -1.01. The zero-order valence-electron chi connectivity index (χ0n) is 7.41. The van der Waals surface area contributed by atoms with Crippen LogP contribution >= 0.6 is 11.8 Å². The summed E-state index contributed by atoms with van der Waals surface area (Å²) in [7, 11) is 1.45. The number of hydrogen-bond donors (Lipinski definition) is 1. The van der Waals surface area contributed by atoms with Gasteiger partial charge in [-0.3, -0.25) is 4.79 Å². The monoisotopic (exact) mass is 215 g/mol. The Morgan fingerprint density at radius 3 is 3.00 bits per heavy atom. The number of hydrogen-bond acceptors (Lipinski definition) is 4. The van der Waals surface area contributed by atoms with Gasteiger partial charge in [0.2, 0.25) is 0 Å². The van der Waals surface area contributed by atoms with Crippen LogP contribution in [0, 0.1) is 0 Å². The number of carbonyl (C=O) groups is 2. The first-order valence-electron chi connectivity index (χ1n) is 4.06. The Morgan fingerprint density at radius 1 is 1.71 bits per heavy atom. The number of carboxylic acids is 1. The summed E-state index contributed by atoms with van der Waals surface area (Å²) in [6.45, 7) is 0. The number of thioether (sulfide) groups is 1. The van der Waals surface area contributed by atoms with Crippen molar-refractivity contribution in [1.82, 2.24) is 4.90 Å². The number of ether oxygens (including phenoxy) is 1. The van der Waals surface area contributed by atoms with E-state index < -0.39 is 18.1 Å². The number of amides is 1. The second-order valence-electron chi connectivity index (χ2n) is 3.04. The molecule has 2 unspecified atom stereocenters. The standard InChI is InChI=1S/C8H9NO4S/c1-13-5-6(10)9-4(8(11)12)2-3-14-7(5)9/h2-5,7H,1H3,(H,11,12)/t4?,5?,7-/m1/s1. The summed E-state index contributed by atoms with van der Waals surface area (Å²) >= 11 is 1.41. The Morgan fingerprint density at radius 2 is 2.43 bits per heavy atom. The molecule has 1 fully saturated rings. The largest absolute Gasteiger partial charge is 0.479 e. The minimum absolute atomic E-state index is 0.182. The summed E-state index contributed by atoms with van der Waals surface area (Å²) in [4.78, 5) is 23.6. The number of β-lactam (4-membered cyclic amide) rings is 1. The Kier molecular flexibility index (Phi) is 2.24. The van der Waals surface area contributed by atoms with Gasteiger partial charge in [0.05, 0.1) is 0 Å². The lowest BCUT2D eigenvalue weighted by atomic mass is 10.1. The van der Waals surface area contributed by atoms with Crippen molar-refractivity contribution in [3.05, 3.63) is 11.5 Å². The van der Waals surface area contributed by atoms with Crippen LogP contribution in [0.15, 0.2) is 11.5 Å². The van der Waals surface area contributed by atoms with Crippen molar-refractivity contribution in [3.8, 4) is 0 Å².